The SMILES string of the molecule is CC1(C(=O)OCc2ccc(/C=C/c3ccc(-c4ccccc4)cc3)cc2)CC(c2ccccc2)=NO1. The van der Waals surface area contributed by atoms with E-state index >= 15 is 0 Å². The average molecular weight is 474 g/mol. The molecular formula is C32H27NO3. The van der Waals surface area contributed by atoms with E-state index in [0.717, 1.165) is 28.0 Å². The van der Waals surface area contributed by atoms with E-state index in [1.54, 1.807) is 6.92 Å². The van der Waals surface area contributed by atoms with E-state index in [2.05, 4.69) is 53.7 Å². The summed E-state index contributed by atoms with van der Waals surface area (Å²) in [6.45, 7) is 1.90. The van der Waals surface area contributed by atoms with Gasteiger partial charge in [-0.3, -0.25) is 0 Å². The Kier molecular flexibility index (Phi) is 6.76. The van der Waals surface area contributed by atoms with Gasteiger partial charge in [0, 0.05) is 6.42 Å². The van der Waals surface area contributed by atoms with Crippen LogP contribution in [0, 0.1) is 0 Å². The minimum atomic E-state index is -1.11. The van der Waals surface area contributed by atoms with E-state index < -0.39 is 11.6 Å². The molecule has 1 heterocycles. The van der Waals surface area contributed by atoms with Crippen molar-refractivity contribution < 1.29 is 14.4 Å². The summed E-state index contributed by atoms with van der Waals surface area (Å²) in [5, 5.41) is 4.12. The Morgan fingerprint density at radius 3 is 1.92 bits per heavy atom. The summed E-state index contributed by atoms with van der Waals surface area (Å²) in [5.74, 6) is -0.417. The van der Waals surface area contributed by atoms with Crippen LogP contribution in [-0.2, 0) is 21.0 Å². The Bertz CT molecular complexity index is 1380. The molecule has 0 saturated heterocycles. The van der Waals surface area contributed by atoms with Gasteiger partial charge in [-0.05, 0) is 40.3 Å². The van der Waals surface area contributed by atoms with Gasteiger partial charge in [0.15, 0.2) is 0 Å². The molecule has 4 heteroatoms. The molecule has 0 N–H and O–H groups in total. The van der Waals surface area contributed by atoms with Crippen molar-refractivity contribution in [3.05, 3.63) is 131 Å². The summed E-state index contributed by atoms with van der Waals surface area (Å²) in [6.07, 6.45) is 4.54. The van der Waals surface area contributed by atoms with Gasteiger partial charge in [-0.2, -0.15) is 0 Å². The molecule has 0 radical (unpaired) electrons. The molecule has 4 aromatic carbocycles. The maximum atomic E-state index is 12.7. The molecule has 4 nitrogen and oxygen atoms in total. The number of carbonyl (C=O) groups excluding carboxylic acids is 1. The smallest absolute Gasteiger partial charge is 0.353 e. The summed E-state index contributed by atoms with van der Waals surface area (Å²) < 4.78 is 5.56. The Balaban J connectivity index is 1.14. The van der Waals surface area contributed by atoms with Crippen LogP contribution < -0.4 is 0 Å². The fraction of sp³-hybridized carbons (Fsp3) is 0.125. The van der Waals surface area contributed by atoms with Crippen molar-refractivity contribution in [3.8, 4) is 11.1 Å². The van der Waals surface area contributed by atoms with Gasteiger partial charge >= 0.3 is 5.97 Å². The van der Waals surface area contributed by atoms with E-state index in [0.29, 0.717) is 6.42 Å². The molecule has 1 atom stereocenters. The van der Waals surface area contributed by atoms with Crippen LogP contribution in [-0.4, -0.2) is 17.3 Å². The summed E-state index contributed by atoms with van der Waals surface area (Å²) in [7, 11) is 0. The topological polar surface area (TPSA) is 47.9 Å². The zero-order chi connectivity index (χ0) is 24.8. The van der Waals surface area contributed by atoms with Gasteiger partial charge in [-0.25, -0.2) is 4.79 Å². The van der Waals surface area contributed by atoms with Gasteiger partial charge in [0.25, 0.3) is 0 Å². The summed E-state index contributed by atoms with van der Waals surface area (Å²) in [6, 6.07) is 36.5. The highest BCUT2D eigenvalue weighted by molar-refractivity contribution is 6.04. The second kappa shape index (κ2) is 10.4. The lowest BCUT2D eigenvalue weighted by atomic mass is 9.96. The van der Waals surface area contributed by atoms with Crippen LogP contribution in [0.25, 0.3) is 23.3 Å². The first-order valence-corrected chi connectivity index (χ1v) is 12.0. The van der Waals surface area contributed by atoms with E-state index in [1.165, 1.54) is 11.1 Å². The standard InChI is InChI=1S/C32H27NO3/c1-32(22-30(33-36-32)29-10-6-3-7-11-29)31(34)35-23-26-16-14-24(15-17-26)12-13-25-18-20-28(21-19-25)27-8-4-2-5-9-27/h2-21H,22-23H2,1H3/b13-12+. The highest BCUT2D eigenvalue weighted by atomic mass is 16.7. The van der Waals surface area contributed by atoms with Crippen molar-refractivity contribution in [3.63, 3.8) is 0 Å². The molecule has 1 aliphatic rings. The molecule has 0 saturated carbocycles. The first kappa shape index (κ1) is 23.3. The molecule has 0 bridgehead atoms. The molecule has 0 fully saturated rings. The Morgan fingerprint density at radius 1 is 0.778 bits per heavy atom. The van der Waals surface area contributed by atoms with Gasteiger partial charge in [0.2, 0.25) is 5.60 Å². The van der Waals surface area contributed by atoms with Crippen LogP contribution in [0.5, 0.6) is 0 Å². The molecule has 0 aromatic heterocycles. The number of hydrogen-bond donors (Lipinski definition) is 0. The highest BCUT2D eigenvalue weighted by Gasteiger charge is 2.43. The number of carbonyl (C=O) groups is 1. The van der Waals surface area contributed by atoms with Crippen LogP contribution in [0.15, 0.2) is 114 Å². The molecule has 0 aliphatic carbocycles. The van der Waals surface area contributed by atoms with Crippen molar-refractivity contribution in [1.29, 1.82) is 0 Å². The summed E-state index contributed by atoms with van der Waals surface area (Å²) in [4.78, 5) is 18.2. The number of nitrogens with zero attached hydrogens (tertiary/aromatic N) is 1. The predicted octanol–water partition coefficient (Wildman–Crippen LogP) is 7.15. The van der Waals surface area contributed by atoms with Crippen LogP contribution in [0.4, 0.5) is 0 Å². The molecule has 5 rings (SSSR count). The van der Waals surface area contributed by atoms with Crippen molar-refractivity contribution >= 4 is 23.8 Å². The zero-order valence-corrected chi connectivity index (χ0v) is 20.1. The van der Waals surface area contributed by atoms with Crippen LogP contribution in [0.3, 0.4) is 0 Å². The number of esters is 1. The molecule has 0 spiro atoms. The second-order valence-electron chi connectivity index (χ2n) is 9.04. The lowest BCUT2D eigenvalue weighted by Gasteiger charge is -2.19. The van der Waals surface area contributed by atoms with Crippen molar-refractivity contribution in [1.82, 2.24) is 0 Å². The Labute approximate surface area is 211 Å². The third kappa shape index (κ3) is 5.44. The minimum absolute atomic E-state index is 0.184. The third-order valence-electron chi connectivity index (χ3n) is 6.24. The van der Waals surface area contributed by atoms with Crippen molar-refractivity contribution in [2.75, 3.05) is 0 Å². The first-order chi connectivity index (χ1) is 17.6. The maximum Gasteiger partial charge on any atom is 0.353 e. The molecule has 1 aliphatic heterocycles. The fourth-order valence-corrected chi connectivity index (χ4v) is 4.07. The van der Waals surface area contributed by atoms with Gasteiger partial charge in [-0.15, -0.1) is 0 Å². The Hall–Kier alpha value is -4.44. The van der Waals surface area contributed by atoms with Crippen LogP contribution >= 0.6 is 0 Å². The quantitative estimate of drug-likeness (QED) is 0.211. The second-order valence-corrected chi connectivity index (χ2v) is 9.04. The molecule has 178 valence electrons. The monoisotopic (exact) mass is 473 g/mol. The lowest BCUT2D eigenvalue weighted by Crippen LogP contribution is -2.37. The molecule has 36 heavy (non-hydrogen) atoms. The van der Waals surface area contributed by atoms with E-state index in [9.17, 15) is 4.79 Å². The van der Waals surface area contributed by atoms with Gasteiger partial charge in [-0.1, -0.05) is 127 Å². The lowest BCUT2D eigenvalue weighted by molar-refractivity contribution is -0.168. The molecular weight excluding hydrogens is 446 g/mol. The van der Waals surface area contributed by atoms with Crippen LogP contribution in [0.2, 0.25) is 0 Å². The number of ether oxygens (including phenoxy) is 1. The number of oxime groups is 1. The number of benzene rings is 4. The Morgan fingerprint density at radius 2 is 1.31 bits per heavy atom. The molecule has 1 unspecified atom stereocenters. The first-order valence-electron chi connectivity index (χ1n) is 12.0. The highest BCUT2D eigenvalue weighted by Crippen LogP contribution is 2.28. The van der Waals surface area contributed by atoms with Crippen molar-refractivity contribution in [2.45, 2.75) is 25.6 Å². The predicted molar refractivity (Wildman–Crippen MR) is 144 cm³/mol. The van der Waals surface area contributed by atoms with E-state index in [-0.39, 0.29) is 6.61 Å². The fourth-order valence-electron chi connectivity index (χ4n) is 4.07. The van der Waals surface area contributed by atoms with Gasteiger partial charge in [0.1, 0.15) is 6.61 Å². The summed E-state index contributed by atoms with van der Waals surface area (Å²) in [5.41, 5.74) is 6.13. The zero-order valence-electron chi connectivity index (χ0n) is 20.1. The number of hydrogen-bond acceptors (Lipinski definition) is 4. The van der Waals surface area contributed by atoms with Crippen LogP contribution in [0.1, 0.15) is 35.6 Å². The minimum Gasteiger partial charge on any atom is -0.458 e. The molecule has 0 amide bonds. The molecule has 4 aromatic rings. The van der Waals surface area contributed by atoms with Gasteiger partial charge < -0.3 is 9.57 Å². The van der Waals surface area contributed by atoms with Gasteiger partial charge in [0.05, 0.1) is 5.71 Å². The third-order valence-corrected chi connectivity index (χ3v) is 6.24. The number of rotatable bonds is 7. The van der Waals surface area contributed by atoms with E-state index in [1.807, 2.05) is 72.8 Å². The average Bonchev–Trinajstić information content (AvgIpc) is 3.36. The van der Waals surface area contributed by atoms with E-state index in [4.69, 9.17) is 9.57 Å². The normalized spacial score (nSPS) is 17.0. The maximum absolute atomic E-state index is 12.7. The van der Waals surface area contributed by atoms with Crippen molar-refractivity contribution in [2.24, 2.45) is 5.16 Å². The largest absolute Gasteiger partial charge is 0.458 e. The summed E-state index contributed by atoms with van der Waals surface area (Å²) >= 11 is 0.